The molecule has 0 bridgehead atoms. The van der Waals surface area contributed by atoms with Gasteiger partial charge in [-0.1, -0.05) is 19.0 Å². The zero-order chi connectivity index (χ0) is 15.6. The van der Waals surface area contributed by atoms with Crippen LogP contribution in [0, 0.1) is 11.3 Å². The van der Waals surface area contributed by atoms with E-state index in [2.05, 4.69) is 15.0 Å². The molecule has 2 unspecified atom stereocenters. The lowest BCUT2D eigenvalue weighted by Crippen LogP contribution is -2.36. The van der Waals surface area contributed by atoms with Crippen molar-refractivity contribution >= 4 is 5.97 Å². The summed E-state index contributed by atoms with van der Waals surface area (Å²) in [4.78, 5) is 18.0. The molecule has 1 saturated heterocycles. The van der Waals surface area contributed by atoms with Crippen LogP contribution in [0.15, 0.2) is 4.52 Å². The number of hydrogen-bond donors (Lipinski definition) is 1. The maximum atomic E-state index is 11.5. The molecule has 0 amide bonds. The Hall–Kier alpha value is -1.47. The van der Waals surface area contributed by atoms with Gasteiger partial charge in [-0.2, -0.15) is 4.98 Å². The Balaban J connectivity index is 2.11. The van der Waals surface area contributed by atoms with Gasteiger partial charge in [-0.3, -0.25) is 4.79 Å². The molecule has 2 heterocycles. The summed E-state index contributed by atoms with van der Waals surface area (Å²) in [5, 5.41) is 13.4. The van der Waals surface area contributed by atoms with Crippen molar-refractivity contribution in [3.05, 3.63) is 11.7 Å². The second kappa shape index (κ2) is 6.11. The van der Waals surface area contributed by atoms with Crippen LogP contribution >= 0.6 is 0 Å². The van der Waals surface area contributed by atoms with E-state index >= 15 is 0 Å². The van der Waals surface area contributed by atoms with Crippen molar-refractivity contribution in [2.45, 2.75) is 33.3 Å². The highest BCUT2D eigenvalue weighted by Crippen LogP contribution is 2.31. The number of nitrogens with zero attached hydrogens (tertiary/aromatic N) is 3. The number of aliphatic carboxylic acids is 1. The topological polar surface area (TPSA) is 88.7 Å². The second-order valence-electron chi connectivity index (χ2n) is 6.22. The fourth-order valence-corrected chi connectivity index (χ4v) is 2.25. The molecule has 0 aliphatic carbocycles. The molecule has 0 saturated carbocycles. The van der Waals surface area contributed by atoms with Gasteiger partial charge in [-0.25, -0.2) is 0 Å². The summed E-state index contributed by atoms with van der Waals surface area (Å²) in [6.45, 7) is 7.68. The van der Waals surface area contributed by atoms with E-state index in [-0.39, 0.29) is 18.4 Å². The van der Waals surface area contributed by atoms with Gasteiger partial charge in [0.05, 0.1) is 12.0 Å². The molecule has 0 spiro atoms. The molecule has 1 aliphatic rings. The summed E-state index contributed by atoms with van der Waals surface area (Å²) in [7, 11) is 2.01. The van der Waals surface area contributed by atoms with Gasteiger partial charge in [0.1, 0.15) is 6.10 Å². The van der Waals surface area contributed by atoms with Crippen molar-refractivity contribution in [3.8, 4) is 0 Å². The van der Waals surface area contributed by atoms with Gasteiger partial charge >= 0.3 is 5.97 Å². The third kappa shape index (κ3) is 3.41. The Kier molecular flexibility index (Phi) is 4.63. The van der Waals surface area contributed by atoms with Gasteiger partial charge in [0.15, 0.2) is 0 Å². The van der Waals surface area contributed by atoms with E-state index in [1.807, 2.05) is 20.9 Å². The lowest BCUT2D eigenvalue weighted by atomic mass is 9.76. The Labute approximate surface area is 124 Å². The SMILES string of the molecule is CC(C)C(C)(Cc1nc(C2CN(C)CCO2)no1)C(=O)O. The third-order valence-corrected chi connectivity index (χ3v) is 4.32. The predicted molar refractivity (Wildman–Crippen MR) is 74.8 cm³/mol. The fraction of sp³-hybridized carbons (Fsp3) is 0.786. The first-order valence-corrected chi connectivity index (χ1v) is 7.19. The first kappa shape index (κ1) is 15.9. The number of morpholine rings is 1. The Morgan fingerprint density at radius 1 is 1.57 bits per heavy atom. The van der Waals surface area contributed by atoms with Gasteiger partial charge < -0.3 is 19.3 Å². The quantitative estimate of drug-likeness (QED) is 0.877. The van der Waals surface area contributed by atoms with Crippen molar-refractivity contribution in [2.75, 3.05) is 26.7 Å². The first-order valence-electron chi connectivity index (χ1n) is 7.19. The molecular weight excluding hydrogens is 274 g/mol. The Morgan fingerprint density at radius 3 is 2.86 bits per heavy atom. The largest absolute Gasteiger partial charge is 0.481 e. The summed E-state index contributed by atoms with van der Waals surface area (Å²) in [5.74, 6) is -0.0539. The number of carboxylic acid groups (broad SMARTS) is 1. The highest BCUT2D eigenvalue weighted by Gasteiger charge is 2.39. The Morgan fingerprint density at radius 2 is 2.29 bits per heavy atom. The summed E-state index contributed by atoms with van der Waals surface area (Å²) in [5.41, 5.74) is -0.923. The summed E-state index contributed by atoms with van der Waals surface area (Å²) < 4.78 is 10.9. The Bertz CT molecular complexity index is 502. The average molecular weight is 297 g/mol. The highest BCUT2D eigenvalue weighted by molar-refractivity contribution is 5.74. The monoisotopic (exact) mass is 297 g/mol. The molecule has 0 radical (unpaired) electrons. The minimum absolute atomic E-state index is 0.0394. The molecule has 118 valence electrons. The molecule has 1 aliphatic heterocycles. The maximum Gasteiger partial charge on any atom is 0.310 e. The molecule has 1 N–H and O–H groups in total. The molecule has 7 nitrogen and oxygen atoms in total. The number of carboxylic acids is 1. The summed E-state index contributed by atoms with van der Waals surface area (Å²) in [6, 6.07) is 0. The van der Waals surface area contributed by atoms with Gasteiger partial charge in [0, 0.05) is 19.5 Å². The minimum atomic E-state index is -0.923. The second-order valence-corrected chi connectivity index (χ2v) is 6.22. The van der Waals surface area contributed by atoms with Gasteiger partial charge in [-0.05, 0) is 19.9 Å². The van der Waals surface area contributed by atoms with Crippen LogP contribution in [-0.2, 0) is 16.0 Å². The lowest BCUT2D eigenvalue weighted by molar-refractivity contribution is -0.150. The van der Waals surface area contributed by atoms with Crippen LogP contribution < -0.4 is 0 Å². The van der Waals surface area contributed by atoms with E-state index < -0.39 is 11.4 Å². The zero-order valence-electron chi connectivity index (χ0n) is 13.0. The minimum Gasteiger partial charge on any atom is -0.481 e. The van der Waals surface area contributed by atoms with Crippen molar-refractivity contribution < 1.29 is 19.2 Å². The lowest BCUT2D eigenvalue weighted by Gasteiger charge is -2.28. The molecule has 21 heavy (non-hydrogen) atoms. The molecule has 1 fully saturated rings. The predicted octanol–water partition coefficient (Wildman–Crippen LogP) is 1.36. The van der Waals surface area contributed by atoms with Crippen LogP contribution in [0.4, 0.5) is 0 Å². The summed E-state index contributed by atoms with van der Waals surface area (Å²) >= 11 is 0. The number of rotatable bonds is 5. The number of aromatic nitrogens is 2. The van der Waals surface area contributed by atoms with Crippen LogP contribution in [0.25, 0.3) is 0 Å². The number of carbonyl (C=O) groups is 1. The maximum absolute atomic E-state index is 11.5. The molecule has 2 atom stereocenters. The number of hydrogen-bond acceptors (Lipinski definition) is 6. The fourth-order valence-electron chi connectivity index (χ4n) is 2.25. The van der Waals surface area contributed by atoms with Crippen LogP contribution in [0.3, 0.4) is 0 Å². The first-order chi connectivity index (χ1) is 9.83. The van der Waals surface area contributed by atoms with Gasteiger partial charge in [0.2, 0.25) is 11.7 Å². The average Bonchev–Trinajstić information content (AvgIpc) is 2.86. The van der Waals surface area contributed by atoms with E-state index in [0.717, 1.165) is 6.54 Å². The van der Waals surface area contributed by atoms with Crippen LogP contribution in [0.2, 0.25) is 0 Å². The van der Waals surface area contributed by atoms with E-state index in [1.165, 1.54) is 0 Å². The van der Waals surface area contributed by atoms with Crippen molar-refractivity contribution in [1.29, 1.82) is 0 Å². The van der Waals surface area contributed by atoms with Crippen molar-refractivity contribution in [1.82, 2.24) is 15.0 Å². The normalized spacial score (nSPS) is 23.2. The molecule has 2 rings (SSSR count). The molecule has 1 aromatic heterocycles. The molecule has 0 aromatic carbocycles. The number of likely N-dealkylation sites (N-methyl/N-ethyl adjacent to an activating group) is 1. The van der Waals surface area contributed by atoms with Crippen LogP contribution in [0.1, 0.15) is 38.6 Å². The van der Waals surface area contributed by atoms with Crippen LogP contribution in [0.5, 0.6) is 0 Å². The van der Waals surface area contributed by atoms with Crippen molar-refractivity contribution in [3.63, 3.8) is 0 Å². The molecule has 1 aromatic rings. The van der Waals surface area contributed by atoms with E-state index in [0.29, 0.717) is 24.9 Å². The standard InChI is InChI=1S/C14H23N3O4/c1-9(2)14(3,13(18)19)7-11-15-12(16-21-11)10-8-17(4)5-6-20-10/h9-10H,5-8H2,1-4H3,(H,18,19). The third-order valence-electron chi connectivity index (χ3n) is 4.32. The van der Waals surface area contributed by atoms with Gasteiger partial charge in [-0.15, -0.1) is 0 Å². The summed E-state index contributed by atoms with van der Waals surface area (Å²) in [6.07, 6.45) is 0.00614. The smallest absolute Gasteiger partial charge is 0.310 e. The zero-order valence-corrected chi connectivity index (χ0v) is 13.0. The van der Waals surface area contributed by atoms with E-state index in [4.69, 9.17) is 9.26 Å². The van der Waals surface area contributed by atoms with Gasteiger partial charge in [0.25, 0.3) is 0 Å². The van der Waals surface area contributed by atoms with E-state index in [1.54, 1.807) is 6.92 Å². The molecule has 7 heteroatoms. The van der Waals surface area contributed by atoms with Crippen molar-refractivity contribution in [2.24, 2.45) is 11.3 Å². The number of ether oxygens (including phenoxy) is 1. The molecular formula is C14H23N3O4. The van der Waals surface area contributed by atoms with Crippen LogP contribution in [-0.4, -0.2) is 52.9 Å². The highest BCUT2D eigenvalue weighted by atomic mass is 16.5. The van der Waals surface area contributed by atoms with E-state index in [9.17, 15) is 9.90 Å².